The van der Waals surface area contributed by atoms with E-state index in [1.807, 2.05) is 60.7 Å². The first kappa shape index (κ1) is 23.7. The van der Waals surface area contributed by atoms with Crippen molar-refractivity contribution in [3.05, 3.63) is 120 Å². The van der Waals surface area contributed by atoms with Crippen molar-refractivity contribution in [2.75, 3.05) is 0 Å². The van der Waals surface area contributed by atoms with Crippen LogP contribution in [0, 0.1) is 0 Å². The molecule has 0 bridgehead atoms. The zero-order valence-electron chi connectivity index (χ0n) is 20.6. The summed E-state index contributed by atoms with van der Waals surface area (Å²) in [5.41, 5.74) is 7.17. The van der Waals surface area contributed by atoms with Gasteiger partial charge in [-0.3, -0.25) is 0 Å². The van der Waals surface area contributed by atoms with Crippen LogP contribution >= 0.6 is 0 Å². The molecule has 0 spiro atoms. The lowest BCUT2D eigenvalue weighted by molar-refractivity contribution is 0.345. The maximum atomic E-state index is 11.1. The number of benzene rings is 4. The van der Waals surface area contributed by atoms with Gasteiger partial charge in [0, 0.05) is 27.7 Å². The van der Waals surface area contributed by atoms with E-state index in [9.17, 15) is 10.2 Å². The highest BCUT2D eigenvalue weighted by Crippen LogP contribution is 2.50. The third kappa shape index (κ3) is 4.13. The molecule has 2 nitrogen and oxygen atoms in total. The molecule has 36 heavy (non-hydrogen) atoms. The quantitative estimate of drug-likeness (QED) is 0.294. The predicted molar refractivity (Wildman–Crippen MR) is 151 cm³/mol. The minimum absolute atomic E-state index is 0.248. The summed E-state index contributed by atoms with van der Waals surface area (Å²) < 4.78 is 0. The van der Waals surface area contributed by atoms with Gasteiger partial charge < -0.3 is 10.2 Å². The molecule has 0 unspecified atom stereocenters. The molecular weight excluding hydrogens is 440 g/mol. The van der Waals surface area contributed by atoms with Gasteiger partial charge in [0.25, 0.3) is 0 Å². The van der Waals surface area contributed by atoms with Crippen molar-refractivity contribution >= 4 is 12.2 Å². The molecule has 0 aliphatic heterocycles. The van der Waals surface area contributed by atoms with Crippen LogP contribution in [0.5, 0.6) is 11.5 Å². The number of phenolic OH excluding ortho intramolecular Hbond substituents is 2. The molecule has 0 saturated heterocycles. The van der Waals surface area contributed by atoms with Crippen molar-refractivity contribution in [1.82, 2.24) is 0 Å². The van der Waals surface area contributed by atoms with Crippen LogP contribution in [0.15, 0.2) is 98.1 Å². The van der Waals surface area contributed by atoms with Gasteiger partial charge in [-0.25, -0.2) is 0 Å². The Hall–Kier alpha value is -4.04. The van der Waals surface area contributed by atoms with Crippen molar-refractivity contribution in [3.8, 4) is 33.8 Å². The van der Waals surface area contributed by atoms with E-state index in [0.29, 0.717) is 0 Å². The second-order valence-electron chi connectivity index (χ2n) is 9.71. The van der Waals surface area contributed by atoms with E-state index in [4.69, 9.17) is 0 Å². The van der Waals surface area contributed by atoms with Crippen LogP contribution in [0.2, 0.25) is 0 Å². The molecule has 4 aromatic rings. The Balaban J connectivity index is 1.78. The zero-order valence-corrected chi connectivity index (χ0v) is 20.6. The van der Waals surface area contributed by atoms with Crippen molar-refractivity contribution in [1.29, 1.82) is 0 Å². The standard InChI is InChI=1S/C34H32O2/c1-3-24-20-28(22-30(32(24)35)26-14-8-5-9-15-26)34(18-12-7-13-19-34)29-21-25(4-2)33(36)31(23-29)27-16-10-6-11-17-27/h3-6,8-11,14-17,20-23,35-36H,1-2,7,12-13,18-19H2. The molecule has 0 radical (unpaired) electrons. The highest BCUT2D eigenvalue weighted by molar-refractivity contribution is 5.79. The minimum atomic E-state index is -0.248. The van der Waals surface area contributed by atoms with Crippen LogP contribution in [0.4, 0.5) is 0 Å². The fraction of sp³-hybridized carbons (Fsp3) is 0.176. The van der Waals surface area contributed by atoms with E-state index < -0.39 is 0 Å². The van der Waals surface area contributed by atoms with Crippen LogP contribution in [-0.4, -0.2) is 10.2 Å². The summed E-state index contributed by atoms with van der Waals surface area (Å²) in [6, 6.07) is 28.6. The molecule has 2 N–H and O–H groups in total. The number of phenols is 2. The van der Waals surface area contributed by atoms with E-state index in [0.717, 1.165) is 59.1 Å². The van der Waals surface area contributed by atoms with Crippen molar-refractivity contribution < 1.29 is 10.2 Å². The molecule has 2 heteroatoms. The Labute approximate surface area is 213 Å². The van der Waals surface area contributed by atoms with Crippen LogP contribution in [0.3, 0.4) is 0 Å². The topological polar surface area (TPSA) is 40.5 Å². The summed E-state index contributed by atoms with van der Waals surface area (Å²) in [6.07, 6.45) is 8.92. The SMILES string of the molecule is C=Cc1cc(C2(c3cc(C=C)c(O)c(-c4ccccc4)c3)CCCCC2)cc(-c2ccccc2)c1O. The second-order valence-corrected chi connectivity index (χ2v) is 9.71. The molecule has 1 fully saturated rings. The van der Waals surface area contributed by atoms with Gasteiger partial charge >= 0.3 is 0 Å². The molecule has 0 aromatic heterocycles. The molecule has 5 rings (SSSR count). The van der Waals surface area contributed by atoms with E-state index in [1.54, 1.807) is 12.2 Å². The maximum Gasteiger partial charge on any atom is 0.130 e. The van der Waals surface area contributed by atoms with E-state index in [1.165, 1.54) is 17.5 Å². The molecule has 4 aromatic carbocycles. The van der Waals surface area contributed by atoms with Gasteiger partial charge in [0.1, 0.15) is 11.5 Å². The second kappa shape index (κ2) is 9.91. The minimum Gasteiger partial charge on any atom is -0.507 e. The number of hydrogen-bond donors (Lipinski definition) is 2. The lowest BCUT2D eigenvalue weighted by Gasteiger charge is -2.40. The number of hydrogen-bond acceptors (Lipinski definition) is 2. The molecule has 0 heterocycles. The molecule has 1 saturated carbocycles. The fourth-order valence-electron chi connectivity index (χ4n) is 5.75. The Bertz CT molecular complexity index is 1290. The van der Waals surface area contributed by atoms with Crippen molar-refractivity contribution in [3.63, 3.8) is 0 Å². The first-order valence-electron chi connectivity index (χ1n) is 12.7. The smallest absolute Gasteiger partial charge is 0.130 e. The average Bonchev–Trinajstić information content (AvgIpc) is 2.94. The molecule has 0 atom stereocenters. The predicted octanol–water partition coefficient (Wildman–Crippen LogP) is 8.97. The van der Waals surface area contributed by atoms with Crippen LogP contribution < -0.4 is 0 Å². The van der Waals surface area contributed by atoms with Gasteiger partial charge in [0.05, 0.1) is 0 Å². The van der Waals surface area contributed by atoms with Gasteiger partial charge in [0.15, 0.2) is 0 Å². The summed E-state index contributed by atoms with van der Waals surface area (Å²) in [5, 5.41) is 22.2. The largest absolute Gasteiger partial charge is 0.507 e. The van der Waals surface area contributed by atoms with E-state index in [2.05, 4.69) is 37.4 Å². The molecular formula is C34H32O2. The summed E-state index contributed by atoms with van der Waals surface area (Å²) in [7, 11) is 0. The summed E-state index contributed by atoms with van der Waals surface area (Å²) in [5.74, 6) is 0.516. The van der Waals surface area contributed by atoms with Gasteiger partial charge in [-0.2, -0.15) is 0 Å². The third-order valence-corrected chi connectivity index (χ3v) is 7.70. The Kier molecular flexibility index (Phi) is 6.52. The van der Waals surface area contributed by atoms with Crippen LogP contribution in [-0.2, 0) is 5.41 Å². The van der Waals surface area contributed by atoms with Crippen LogP contribution in [0.1, 0.15) is 54.4 Å². The third-order valence-electron chi connectivity index (χ3n) is 7.70. The van der Waals surface area contributed by atoms with Gasteiger partial charge in [-0.15, -0.1) is 0 Å². The Morgan fingerprint density at radius 2 is 1.00 bits per heavy atom. The lowest BCUT2D eigenvalue weighted by Crippen LogP contribution is -2.31. The highest BCUT2D eigenvalue weighted by atomic mass is 16.3. The lowest BCUT2D eigenvalue weighted by atomic mass is 9.64. The fourth-order valence-corrected chi connectivity index (χ4v) is 5.75. The van der Waals surface area contributed by atoms with Crippen molar-refractivity contribution in [2.24, 2.45) is 0 Å². The van der Waals surface area contributed by atoms with Gasteiger partial charge in [0.2, 0.25) is 0 Å². The van der Waals surface area contributed by atoms with E-state index >= 15 is 0 Å². The Morgan fingerprint density at radius 3 is 1.39 bits per heavy atom. The molecule has 1 aliphatic carbocycles. The van der Waals surface area contributed by atoms with Gasteiger partial charge in [-0.1, -0.05) is 105 Å². The summed E-state index contributed by atoms with van der Waals surface area (Å²) in [4.78, 5) is 0. The molecule has 1 aliphatic rings. The zero-order chi connectivity index (χ0) is 25.1. The van der Waals surface area contributed by atoms with E-state index in [-0.39, 0.29) is 16.9 Å². The van der Waals surface area contributed by atoms with Crippen molar-refractivity contribution in [2.45, 2.75) is 37.5 Å². The first-order chi connectivity index (χ1) is 17.6. The summed E-state index contributed by atoms with van der Waals surface area (Å²) >= 11 is 0. The number of rotatable bonds is 6. The first-order valence-corrected chi connectivity index (χ1v) is 12.7. The maximum absolute atomic E-state index is 11.1. The molecule has 0 amide bonds. The normalized spacial score (nSPS) is 14.8. The highest BCUT2D eigenvalue weighted by Gasteiger charge is 2.37. The monoisotopic (exact) mass is 472 g/mol. The van der Waals surface area contributed by atoms with Gasteiger partial charge in [-0.05, 0) is 59.4 Å². The average molecular weight is 473 g/mol. The van der Waals surface area contributed by atoms with Crippen LogP contribution in [0.25, 0.3) is 34.4 Å². The summed E-state index contributed by atoms with van der Waals surface area (Å²) in [6.45, 7) is 7.99. The molecule has 180 valence electrons. The number of aromatic hydroxyl groups is 2. The Morgan fingerprint density at radius 1 is 0.583 bits per heavy atom.